The molecule has 0 fully saturated rings. The minimum absolute atomic E-state index is 0.00470. The summed E-state index contributed by atoms with van der Waals surface area (Å²) < 4.78 is 10.8. The summed E-state index contributed by atoms with van der Waals surface area (Å²) in [6, 6.07) is 0. The summed E-state index contributed by atoms with van der Waals surface area (Å²) in [4.78, 5) is 36.2. The van der Waals surface area contributed by atoms with E-state index >= 15 is 0 Å². The monoisotopic (exact) mass is 576 g/mol. The molecule has 236 valence electrons. The molecular formula is C30H56O10. The molecule has 0 unspecified atom stereocenters. The second kappa shape index (κ2) is 23.9. The van der Waals surface area contributed by atoms with Crippen molar-refractivity contribution in [3.8, 4) is 0 Å². The van der Waals surface area contributed by atoms with Crippen LogP contribution in [0.15, 0.2) is 0 Å². The first-order valence-corrected chi connectivity index (χ1v) is 15.3. The number of carboxylic acid groups (broad SMARTS) is 1. The first-order valence-electron chi connectivity index (χ1n) is 15.3. The van der Waals surface area contributed by atoms with Gasteiger partial charge in [0.15, 0.2) is 0 Å². The predicted molar refractivity (Wildman–Crippen MR) is 152 cm³/mol. The van der Waals surface area contributed by atoms with Gasteiger partial charge in [-0.05, 0) is 32.1 Å². The van der Waals surface area contributed by atoms with Gasteiger partial charge in [-0.2, -0.15) is 0 Å². The molecule has 10 nitrogen and oxygen atoms in total. The maximum absolute atomic E-state index is 12.5. The first kappa shape index (κ1) is 38.2. The molecule has 0 radical (unpaired) electrons. The predicted octanol–water partition coefficient (Wildman–Crippen LogP) is 4.42. The molecule has 0 aromatic rings. The summed E-state index contributed by atoms with van der Waals surface area (Å²) >= 11 is 0. The second-order valence-electron chi connectivity index (χ2n) is 11.0. The largest absolute Gasteiger partial charge is 0.481 e. The number of aliphatic hydroxyl groups excluding tert-OH is 4. The Morgan fingerprint density at radius 3 is 1.40 bits per heavy atom. The number of hydrogen-bond acceptors (Lipinski definition) is 9. The van der Waals surface area contributed by atoms with Crippen LogP contribution >= 0.6 is 0 Å². The van der Waals surface area contributed by atoms with Crippen molar-refractivity contribution < 1.29 is 49.4 Å². The van der Waals surface area contributed by atoms with Crippen molar-refractivity contribution in [3.05, 3.63) is 0 Å². The molecule has 0 amide bonds. The third kappa shape index (κ3) is 22.0. The van der Waals surface area contributed by atoms with Crippen molar-refractivity contribution in [1.29, 1.82) is 0 Å². The fourth-order valence-electron chi connectivity index (χ4n) is 4.65. The number of hydrogen-bond donors (Lipinski definition) is 5. The molecule has 0 aliphatic rings. The standard InChI is InChI=1S/C30H56O10/c1-4-7-10-13-22(31)16-24(33)19-29(37)39-26(15-12-9-6-3)18-25(34)20-30(38)40-27(21-28(35)36)17-23(32)14-11-8-5-2/h22-27,31-34H,4-21H2,1-3H3,(H,35,36)/t22-,23+,24-,25-,26+,27-/m0/s1. The average molecular weight is 577 g/mol. The van der Waals surface area contributed by atoms with Crippen molar-refractivity contribution >= 4 is 17.9 Å². The fourth-order valence-corrected chi connectivity index (χ4v) is 4.65. The number of rotatable bonds is 26. The van der Waals surface area contributed by atoms with E-state index in [4.69, 9.17) is 14.6 Å². The van der Waals surface area contributed by atoms with Crippen LogP contribution in [0.4, 0.5) is 0 Å². The molecule has 40 heavy (non-hydrogen) atoms. The van der Waals surface area contributed by atoms with Crippen LogP contribution in [0.2, 0.25) is 0 Å². The van der Waals surface area contributed by atoms with E-state index < -0.39 is 67.4 Å². The zero-order chi connectivity index (χ0) is 30.3. The zero-order valence-electron chi connectivity index (χ0n) is 25.0. The Balaban J connectivity index is 4.87. The molecule has 0 aliphatic carbocycles. The minimum atomic E-state index is -1.18. The average Bonchev–Trinajstić information content (AvgIpc) is 2.83. The van der Waals surface area contributed by atoms with Crippen LogP contribution < -0.4 is 0 Å². The first-order chi connectivity index (χ1) is 19.0. The van der Waals surface area contributed by atoms with Crippen LogP contribution in [0.1, 0.15) is 136 Å². The van der Waals surface area contributed by atoms with Gasteiger partial charge >= 0.3 is 17.9 Å². The van der Waals surface area contributed by atoms with Crippen LogP contribution in [0.3, 0.4) is 0 Å². The number of unbranched alkanes of at least 4 members (excludes halogenated alkanes) is 6. The molecule has 0 rings (SSSR count). The number of carboxylic acids is 1. The lowest BCUT2D eigenvalue weighted by molar-refractivity contribution is -0.157. The van der Waals surface area contributed by atoms with Gasteiger partial charge in [0.2, 0.25) is 0 Å². The molecule has 0 aliphatic heterocycles. The molecule has 0 heterocycles. The minimum Gasteiger partial charge on any atom is -0.481 e. The lowest BCUT2D eigenvalue weighted by Crippen LogP contribution is -2.30. The Bertz CT molecular complexity index is 671. The van der Waals surface area contributed by atoms with Gasteiger partial charge in [-0.3, -0.25) is 14.4 Å². The van der Waals surface area contributed by atoms with Gasteiger partial charge in [-0.25, -0.2) is 0 Å². The maximum atomic E-state index is 12.5. The van der Waals surface area contributed by atoms with E-state index in [1.165, 1.54) is 0 Å². The number of aliphatic carboxylic acids is 1. The number of carbonyl (C=O) groups is 3. The summed E-state index contributed by atoms with van der Waals surface area (Å²) in [7, 11) is 0. The highest BCUT2D eigenvalue weighted by atomic mass is 16.6. The molecule has 10 heteroatoms. The number of aliphatic hydroxyl groups is 4. The summed E-state index contributed by atoms with van der Waals surface area (Å²) in [5, 5.41) is 50.2. The van der Waals surface area contributed by atoms with Crippen molar-refractivity contribution in [2.24, 2.45) is 0 Å². The van der Waals surface area contributed by atoms with Gasteiger partial charge in [-0.15, -0.1) is 0 Å². The van der Waals surface area contributed by atoms with Crippen LogP contribution in [-0.4, -0.2) is 80.1 Å². The van der Waals surface area contributed by atoms with Gasteiger partial charge in [0.05, 0.1) is 43.7 Å². The van der Waals surface area contributed by atoms with Gasteiger partial charge in [0.25, 0.3) is 0 Å². The Kier molecular flexibility index (Phi) is 22.9. The summed E-state index contributed by atoms with van der Waals surface area (Å²) in [6.07, 6.45) is 3.28. The summed E-state index contributed by atoms with van der Waals surface area (Å²) in [6.45, 7) is 6.13. The second-order valence-corrected chi connectivity index (χ2v) is 11.0. The van der Waals surface area contributed by atoms with E-state index in [-0.39, 0.29) is 25.7 Å². The van der Waals surface area contributed by atoms with Gasteiger partial charge in [-0.1, -0.05) is 72.1 Å². The molecule has 0 bridgehead atoms. The van der Waals surface area contributed by atoms with Crippen molar-refractivity contribution in [2.75, 3.05) is 0 Å². The quantitative estimate of drug-likeness (QED) is 0.0733. The van der Waals surface area contributed by atoms with E-state index in [0.29, 0.717) is 19.3 Å². The van der Waals surface area contributed by atoms with E-state index in [0.717, 1.165) is 57.8 Å². The molecule has 5 N–H and O–H groups in total. The number of esters is 2. The highest BCUT2D eigenvalue weighted by Crippen LogP contribution is 2.19. The summed E-state index contributed by atoms with van der Waals surface area (Å²) in [5.74, 6) is -2.58. The normalized spacial score (nSPS) is 16.0. The summed E-state index contributed by atoms with van der Waals surface area (Å²) in [5.41, 5.74) is 0. The van der Waals surface area contributed by atoms with Crippen molar-refractivity contribution in [2.45, 2.75) is 173 Å². The van der Waals surface area contributed by atoms with E-state index in [1.54, 1.807) is 0 Å². The Morgan fingerprint density at radius 1 is 0.525 bits per heavy atom. The lowest BCUT2D eigenvalue weighted by atomic mass is 10.0. The van der Waals surface area contributed by atoms with E-state index in [1.807, 2.05) is 13.8 Å². The molecular weight excluding hydrogens is 520 g/mol. The lowest BCUT2D eigenvalue weighted by Gasteiger charge is -2.23. The molecule has 0 saturated carbocycles. The highest BCUT2D eigenvalue weighted by Gasteiger charge is 2.26. The molecule has 6 atom stereocenters. The third-order valence-electron chi connectivity index (χ3n) is 6.83. The molecule has 0 aromatic heterocycles. The number of carbonyl (C=O) groups excluding carboxylic acids is 2. The highest BCUT2D eigenvalue weighted by molar-refractivity contribution is 5.72. The number of ether oxygens (including phenoxy) is 2. The maximum Gasteiger partial charge on any atom is 0.308 e. The fraction of sp³-hybridized carbons (Fsp3) is 0.900. The third-order valence-corrected chi connectivity index (χ3v) is 6.83. The Labute approximate surface area is 240 Å². The van der Waals surface area contributed by atoms with Crippen LogP contribution in [0.5, 0.6) is 0 Å². The van der Waals surface area contributed by atoms with Crippen LogP contribution in [0.25, 0.3) is 0 Å². The van der Waals surface area contributed by atoms with Crippen molar-refractivity contribution in [1.82, 2.24) is 0 Å². The van der Waals surface area contributed by atoms with E-state index in [2.05, 4.69) is 6.92 Å². The molecule has 0 spiro atoms. The van der Waals surface area contributed by atoms with Gasteiger partial charge in [0, 0.05) is 12.8 Å². The topological polar surface area (TPSA) is 171 Å². The SMILES string of the molecule is CCCCC[C@@H](O)C[C@@H](CC(=O)O)OC(=O)C[C@@H](O)C[C@@H](CCCCC)OC(=O)C[C@@H](O)C[C@@H](O)CCCCC. The van der Waals surface area contributed by atoms with Crippen LogP contribution in [0, 0.1) is 0 Å². The van der Waals surface area contributed by atoms with Gasteiger partial charge in [0.1, 0.15) is 12.2 Å². The smallest absolute Gasteiger partial charge is 0.308 e. The van der Waals surface area contributed by atoms with Crippen LogP contribution in [-0.2, 0) is 23.9 Å². The van der Waals surface area contributed by atoms with Crippen molar-refractivity contribution in [3.63, 3.8) is 0 Å². The molecule has 0 saturated heterocycles. The molecule has 0 aromatic carbocycles. The van der Waals surface area contributed by atoms with E-state index in [9.17, 15) is 34.8 Å². The Hall–Kier alpha value is -1.75. The van der Waals surface area contributed by atoms with Gasteiger partial charge < -0.3 is 35.0 Å². The Morgan fingerprint density at radius 2 is 0.925 bits per heavy atom. The zero-order valence-corrected chi connectivity index (χ0v) is 25.0.